The number of carbonyl (C=O) groups is 1. The predicted octanol–water partition coefficient (Wildman–Crippen LogP) is 6.02. The molecule has 1 aliphatic rings. The van der Waals surface area contributed by atoms with Crippen molar-refractivity contribution < 1.29 is 14.3 Å². The molecule has 1 amide bonds. The van der Waals surface area contributed by atoms with Gasteiger partial charge in [-0.05, 0) is 63.6 Å². The van der Waals surface area contributed by atoms with Crippen molar-refractivity contribution in [3.63, 3.8) is 0 Å². The van der Waals surface area contributed by atoms with Crippen molar-refractivity contribution in [1.82, 2.24) is 14.8 Å². The molecule has 0 radical (unpaired) electrons. The third-order valence-corrected chi connectivity index (χ3v) is 6.43. The Morgan fingerprint density at radius 2 is 1.83 bits per heavy atom. The smallest absolute Gasteiger partial charge is 0.414 e. The molecule has 192 valence electrons. The highest BCUT2D eigenvalue weighted by Crippen LogP contribution is 2.38. The molecule has 1 aliphatic heterocycles. The van der Waals surface area contributed by atoms with Crippen LogP contribution in [0.25, 0.3) is 11.4 Å². The zero-order chi connectivity index (χ0) is 25.7. The molecule has 2 heterocycles. The number of carbonyl (C=O) groups excluding carboxylic acids is 1. The predicted molar refractivity (Wildman–Crippen MR) is 142 cm³/mol. The Morgan fingerprint density at radius 3 is 2.53 bits per heavy atom. The molecule has 36 heavy (non-hydrogen) atoms. The van der Waals surface area contributed by atoms with Gasteiger partial charge in [-0.15, -0.1) is 0 Å². The third-order valence-electron chi connectivity index (χ3n) is 6.43. The Hall–Kier alpha value is -3.19. The zero-order valence-electron chi connectivity index (χ0n) is 22.2. The van der Waals surface area contributed by atoms with Crippen LogP contribution in [0.1, 0.15) is 63.9 Å². The molecule has 0 saturated carbocycles. The fraction of sp³-hybridized carbons (Fsp3) is 0.483. The average molecular weight is 491 g/mol. The molecule has 3 aromatic rings. The highest BCUT2D eigenvalue weighted by Gasteiger charge is 2.32. The van der Waals surface area contributed by atoms with Crippen LogP contribution in [-0.4, -0.2) is 46.2 Å². The van der Waals surface area contributed by atoms with Gasteiger partial charge in [0, 0.05) is 25.1 Å². The minimum Gasteiger partial charge on any atom is -0.443 e. The number of rotatable bonds is 8. The van der Waals surface area contributed by atoms with E-state index in [-0.39, 0.29) is 12.0 Å². The van der Waals surface area contributed by atoms with E-state index in [4.69, 9.17) is 19.6 Å². The molecule has 2 aromatic carbocycles. The maximum absolute atomic E-state index is 12.9. The van der Waals surface area contributed by atoms with E-state index in [0.717, 1.165) is 47.7 Å². The van der Waals surface area contributed by atoms with Crippen LogP contribution in [0.5, 0.6) is 0 Å². The summed E-state index contributed by atoms with van der Waals surface area (Å²) in [5.74, 6) is 1.91. The highest BCUT2D eigenvalue weighted by molar-refractivity contribution is 5.89. The van der Waals surface area contributed by atoms with Gasteiger partial charge in [0.25, 0.3) is 0 Å². The Kier molecular flexibility index (Phi) is 8.09. The third kappa shape index (κ3) is 6.13. The first-order valence-corrected chi connectivity index (χ1v) is 13.0. The van der Waals surface area contributed by atoms with Crippen LogP contribution in [0.2, 0.25) is 0 Å². The molecule has 1 atom stereocenters. The molecule has 0 bridgehead atoms. The number of fused-ring (bicyclic) bond motifs is 1. The number of amides is 1. The lowest BCUT2D eigenvalue weighted by Gasteiger charge is -2.35. The second-order valence-corrected chi connectivity index (χ2v) is 10.2. The maximum Gasteiger partial charge on any atom is 0.414 e. The average Bonchev–Trinajstić information content (AvgIpc) is 3.26. The van der Waals surface area contributed by atoms with E-state index in [1.807, 2.05) is 50.6 Å². The first-order chi connectivity index (χ1) is 17.3. The topological polar surface area (TPSA) is 69.5 Å². The van der Waals surface area contributed by atoms with Crippen LogP contribution in [-0.2, 0) is 28.9 Å². The second kappa shape index (κ2) is 11.2. The minimum atomic E-state index is -0.536. The summed E-state index contributed by atoms with van der Waals surface area (Å²) in [6.07, 6.45) is 2.27. The summed E-state index contributed by atoms with van der Waals surface area (Å²) < 4.78 is 13.3. The molecule has 0 saturated heterocycles. The van der Waals surface area contributed by atoms with Crippen LogP contribution < -0.4 is 4.90 Å². The number of para-hydroxylation sites is 1. The van der Waals surface area contributed by atoms with Crippen molar-refractivity contribution in [1.29, 1.82) is 0 Å². The SMILES string of the molecule is CCOCCn1nc(-c2ccc(CC)cc2)nc1CC1CCN(C(=O)OC(C)(C)C)c2ccccc21. The molecule has 0 spiro atoms. The minimum absolute atomic E-state index is 0.227. The highest BCUT2D eigenvalue weighted by atomic mass is 16.6. The molecular weight excluding hydrogens is 452 g/mol. The number of benzene rings is 2. The number of aromatic nitrogens is 3. The van der Waals surface area contributed by atoms with Crippen LogP contribution in [0, 0.1) is 0 Å². The summed E-state index contributed by atoms with van der Waals surface area (Å²) in [4.78, 5) is 19.6. The van der Waals surface area contributed by atoms with Gasteiger partial charge < -0.3 is 9.47 Å². The molecule has 7 heteroatoms. The first-order valence-electron chi connectivity index (χ1n) is 13.0. The molecular formula is C29H38N4O3. The lowest BCUT2D eigenvalue weighted by atomic mass is 9.87. The van der Waals surface area contributed by atoms with Crippen molar-refractivity contribution in [2.24, 2.45) is 0 Å². The van der Waals surface area contributed by atoms with Crippen LogP contribution in [0.3, 0.4) is 0 Å². The lowest BCUT2D eigenvalue weighted by molar-refractivity contribution is 0.0576. The van der Waals surface area contributed by atoms with Gasteiger partial charge in [-0.25, -0.2) is 14.5 Å². The van der Waals surface area contributed by atoms with Crippen LogP contribution >= 0.6 is 0 Å². The fourth-order valence-electron chi connectivity index (χ4n) is 4.59. The molecule has 1 unspecified atom stereocenters. The van der Waals surface area contributed by atoms with Gasteiger partial charge in [0.2, 0.25) is 0 Å². The summed E-state index contributed by atoms with van der Waals surface area (Å²) >= 11 is 0. The quantitative estimate of drug-likeness (QED) is 0.361. The number of hydrogen-bond donors (Lipinski definition) is 0. The molecule has 0 fully saturated rings. The van der Waals surface area contributed by atoms with Crippen LogP contribution in [0.15, 0.2) is 48.5 Å². The second-order valence-electron chi connectivity index (χ2n) is 10.2. The van der Waals surface area contributed by atoms with E-state index in [2.05, 4.69) is 37.3 Å². The van der Waals surface area contributed by atoms with Gasteiger partial charge in [0.05, 0.1) is 18.8 Å². The maximum atomic E-state index is 12.9. The number of ether oxygens (including phenoxy) is 2. The van der Waals surface area contributed by atoms with Gasteiger partial charge in [0.1, 0.15) is 11.4 Å². The van der Waals surface area contributed by atoms with Crippen molar-refractivity contribution in [2.75, 3.05) is 24.7 Å². The monoisotopic (exact) mass is 490 g/mol. The van der Waals surface area contributed by atoms with Gasteiger partial charge in [0.15, 0.2) is 5.82 Å². The Bertz CT molecular complexity index is 1160. The normalized spacial score (nSPS) is 15.6. The molecule has 0 N–H and O–H groups in total. The van der Waals surface area contributed by atoms with Gasteiger partial charge >= 0.3 is 6.09 Å². The fourth-order valence-corrected chi connectivity index (χ4v) is 4.59. The summed E-state index contributed by atoms with van der Waals surface area (Å²) in [7, 11) is 0. The summed E-state index contributed by atoms with van der Waals surface area (Å²) in [5.41, 5.74) is 3.83. The van der Waals surface area contributed by atoms with Crippen molar-refractivity contribution in [3.8, 4) is 11.4 Å². The largest absolute Gasteiger partial charge is 0.443 e. The van der Waals surface area contributed by atoms with Gasteiger partial charge in [-0.2, -0.15) is 5.10 Å². The first kappa shape index (κ1) is 25.9. The van der Waals surface area contributed by atoms with Crippen molar-refractivity contribution in [2.45, 2.75) is 71.9 Å². The zero-order valence-corrected chi connectivity index (χ0v) is 22.2. The number of nitrogens with zero attached hydrogens (tertiary/aromatic N) is 4. The standard InChI is InChI=1S/C29H38N4O3/c1-6-21-12-14-22(15-13-21)27-30-26(33(31-27)18-19-35-7-2)20-23-16-17-32(28(34)36-29(3,4)5)25-11-9-8-10-24(23)25/h8-15,23H,6-7,16-20H2,1-5H3. The van der Waals surface area contributed by atoms with E-state index >= 15 is 0 Å². The van der Waals surface area contributed by atoms with E-state index in [1.165, 1.54) is 5.56 Å². The molecule has 7 nitrogen and oxygen atoms in total. The van der Waals surface area contributed by atoms with E-state index in [1.54, 1.807) is 4.90 Å². The van der Waals surface area contributed by atoms with Gasteiger partial charge in [-0.3, -0.25) is 4.90 Å². The van der Waals surface area contributed by atoms with E-state index < -0.39 is 5.60 Å². The summed E-state index contributed by atoms with van der Waals surface area (Å²) in [5, 5.41) is 4.85. The van der Waals surface area contributed by atoms with Crippen molar-refractivity contribution >= 4 is 11.8 Å². The summed E-state index contributed by atoms with van der Waals surface area (Å²) in [6.45, 7) is 12.4. The Morgan fingerprint density at radius 1 is 1.08 bits per heavy atom. The van der Waals surface area contributed by atoms with Gasteiger partial charge in [-0.1, -0.05) is 49.4 Å². The van der Waals surface area contributed by atoms with Crippen molar-refractivity contribution in [3.05, 3.63) is 65.5 Å². The van der Waals surface area contributed by atoms with E-state index in [0.29, 0.717) is 26.3 Å². The number of hydrogen-bond acceptors (Lipinski definition) is 5. The molecule has 0 aliphatic carbocycles. The summed E-state index contributed by atoms with van der Waals surface area (Å²) in [6, 6.07) is 16.6. The van der Waals surface area contributed by atoms with Crippen LogP contribution in [0.4, 0.5) is 10.5 Å². The number of aryl methyl sites for hydroxylation is 1. The number of anilines is 1. The Balaban J connectivity index is 1.61. The molecule has 4 rings (SSSR count). The van der Waals surface area contributed by atoms with E-state index in [9.17, 15) is 4.79 Å². The Labute approximate surface area is 214 Å². The lowest BCUT2D eigenvalue weighted by Crippen LogP contribution is -2.40. The molecule has 1 aromatic heterocycles.